The van der Waals surface area contributed by atoms with E-state index >= 15 is 0 Å². The fraction of sp³-hybridized carbons (Fsp3) is 0.222. The lowest BCUT2D eigenvalue weighted by molar-refractivity contribution is 0.0925. The predicted molar refractivity (Wildman–Crippen MR) is 143 cm³/mol. The Kier molecular flexibility index (Phi) is 6.60. The first-order valence-corrected chi connectivity index (χ1v) is 12.1. The largest absolute Gasteiger partial charge is 0.493 e. The van der Waals surface area contributed by atoms with Gasteiger partial charge in [0.05, 0.1) is 41.9 Å². The minimum absolute atomic E-state index is 0.173. The molecule has 1 amide bonds. The van der Waals surface area contributed by atoms with Gasteiger partial charge in [0.1, 0.15) is 5.75 Å². The molecule has 0 radical (unpaired) electrons. The summed E-state index contributed by atoms with van der Waals surface area (Å²) >= 11 is 12.5. The summed E-state index contributed by atoms with van der Waals surface area (Å²) in [6, 6.07) is 12.8. The van der Waals surface area contributed by atoms with Crippen molar-refractivity contribution >= 4 is 45.7 Å². The number of methoxy groups -OCH3 is 1. The molecule has 9 heteroatoms. The molecule has 3 heterocycles. The maximum Gasteiger partial charge on any atom is 0.255 e. The third kappa shape index (κ3) is 4.40. The van der Waals surface area contributed by atoms with E-state index in [0.29, 0.717) is 51.1 Å². The number of hydrogen-bond donors (Lipinski definition) is 1. The number of para-hydroxylation sites is 1. The molecule has 184 valence electrons. The van der Waals surface area contributed by atoms with Gasteiger partial charge in [-0.05, 0) is 29.8 Å². The minimum atomic E-state index is -0.243. The molecule has 4 aromatic rings. The van der Waals surface area contributed by atoms with Gasteiger partial charge in [-0.15, -0.1) is 0 Å². The number of rotatable bonds is 5. The monoisotopic (exact) mass is 522 g/mol. The normalized spacial score (nSPS) is 14.6. The van der Waals surface area contributed by atoms with E-state index in [1.807, 2.05) is 43.3 Å². The van der Waals surface area contributed by atoms with Crippen molar-refractivity contribution in [3.63, 3.8) is 0 Å². The minimum Gasteiger partial charge on any atom is -0.493 e. The Labute approximate surface area is 219 Å². The van der Waals surface area contributed by atoms with E-state index in [1.54, 1.807) is 37.7 Å². The summed E-state index contributed by atoms with van der Waals surface area (Å²) in [5, 5.41) is 4.79. The summed E-state index contributed by atoms with van der Waals surface area (Å²) in [6.07, 6.45) is 3.94. The Morgan fingerprint density at radius 1 is 1.11 bits per heavy atom. The predicted octanol–water partition coefficient (Wildman–Crippen LogP) is 5.93. The van der Waals surface area contributed by atoms with Gasteiger partial charge in [0, 0.05) is 54.1 Å². The van der Waals surface area contributed by atoms with Crippen LogP contribution in [0, 0.1) is 0 Å². The molecule has 0 aliphatic carbocycles. The zero-order valence-corrected chi connectivity index (χ0v) is 21.5. The van der Waals surface area contributed by atoms with Gasteiger partial charge in [-0.3, -0.25) is 9.78 Å². The highest BCUT2D eigenvalue weighted by Gasteiger charge is 2.27. The number of amides is 1. The summed E-state index contributed by atoms with van der Waals surface area (Å²) in [4.78, 5) is 24.7. The number of nitrogens with zero attached hydrogens (tertiary/aromatic N) is 3. The summed E-state index contributed by atoms with van der Waals surface area (Å²) in [6.45, 7) is 0.530. The molecule has 5 rings (SSSR count). The van der Waals surface area contributed by atoms with Crippen LogP contribution in [0.3, 0.4) is 0 Å². The second kappa shape index (κ2) is 9.84. The van der Waals surface area contributed by atoms with Gasteiger partial charge in [0.25, 0.3) is 5.91 Å². The Bertz CT molecular complexity index is 1460. The molecule has 0 bridgehead atoms. The average Bonchev–Trinajstić information content (AvgIpc) is 2.86. The lowest BCUT2D eigenvalue weighted by Crippen LogP contribution is -2.33. The van der Waals surface area contributed by atoms with Gasteiger partial charge in [-0.25, -0.2) is 4.98 Å². The zero-order chi connectivity index (χ0) is 25.4. The molecule has 0 fully saturated rings. The third-order valence-corrected chi connectivity index (χ3v) is 6.59. The number of halogens is 2. The van der Waals surface area contributed by atoms with Crippen LogP contribution in [0.5, 0.6) is 11.6 Å². The van der Waals surface area contributed by atoms with E-state index in [4.69, 9.17) is 37.7 Å². The van der Waals surface area contributed by atoms with Gasteiger partial charge in [0.2, 0.25) is 5.88 Å². The Hall–Kier alpha value is -3.55. The van der Waals surface area contributed by atoms with Crippen molar-refractivity contribution < 1.29 is 14.3 Å². The van der Waals surface area contributed by atoms with Crippen LogP contribution >= 0.6 is 23.2 Å². The second-order valence-electron chi connectivity index (χ2n) is 8.68. The van der Waals surface area contributed by atoms with Crippen LogP contribution in [0.4, 0.5) is 5.69 Å². The summed E-state index contributed by atoms with van der Waals surface area (Å²) < 4.78 is 11.4. The van der Waals surface area contributed by atoms with E-state index in [9.17, 15) is 4.79 Å². The van der Waals surface area contributed by atoms with Crippen LogP contribution in [-0.2, 0) is 0 Å². The van der Waals surface area contributed by atoms with Gasteiger partial charge in [-0.1, -0.05) is 41.4 Å². The van der Waals surface area contributed by atoms with Crippen LogP contribution < -0.4 is 19.7 Å². The smallest absolute Gasteiger partial charge is 0.255 e. The molecule has 36 heavy (non-hydrogen) atoms. The van der Waals surface area contributed by atoms with Crippen LogP contribution in [0.25, 0.3) is 22.0 Å². The van der Waals surface area contributed by atoms with E-state index in [-0.39, 0.29) is 11.9 Å². The Balaban J connectivity index is 1.64. The maximum atomic E-state index is 13.6. The first-order valence-electron chi connectivity index (χ1n) is 11.4. The quantitative estimate of drug-likeness (QED) is 0.350. The number of ether oxygens (including phenoxy) is 2. The number of carbonyl (C=O) groups excluding carboxylic acids is 1. The van der Waals surface area contributed by atoms with Crippen molar-refractivity contribution in [3.05, 3.63) is 76.0 Å². The Morgan fingerprint density at radius 3 is 2.58 bits per heavy atom. The van der Waals surface area contributed by atoms with Crippen LogP contribution in [0.15, 0.2) is 54.9 Å². The SMILES string of the molecule is COc1ncc(-c2cc(Cl)cc(Cl)c2)c2ncc(C(=O)N[C@H]3CCOc4ccccc43)c(N(C)C)c12. The fourth-order valence-electron chi connectivity index (χ4n) is 4.59. The number of anilines is 1. The number of benzene rings is 2. The molecular formula is C27H24Cl2N4O3. The van der Waals surface area contributed by atoms with Crippen molar-refractivity contribution in [1.82, 2.24) is 15.3 Å². The molecule has 1 aliphatic rings. The molecule has 0 spiro atoms. The molecule has 0 saturated heterocycles. The van der Waals surface area contributed by atoms with Crippen molar-refractivity contribution in [2.24, 2.45) is 0 Å². The molecule has 1 aliphatic heterocycles. The number of pyridine rings is 2. The first-order chi connectivity index (χ1) is 17.4. The Morgan fingerprint density at radius 2 is 1.86 bits per heavy atom. The maximum absolute atomic E-state index is 13.6. The number of aromatic nitrogens is 2. The third-order valence-electron chi connectivity index (χ3n) is 6.15. The number of hydrogen-bond acceptors (Lipinski definition) is 6. The van der Waals surface area contributed by atoms with E-state index in [2.05, 4.69) is 10.3 Å². The van der Waals surface area contributed by atoms with Gasteiger partial charge >= 0.3 is 0 Å². The lowest BCUT2D eigenvalue weighted by Gasteiger charge is -2.27. The standard InChI is InChI=1S/C27H24Cl2N4O3/c1-33(2)25-20(26(34)32-21-8-9-36-22-7-5-4-6-18(21)22)14-30-24-19(13-31-27(35-3)23(24)25)15-10-16(28)12-17(29)11-15/h4-7,10-14,21H,8-9H2,1-3H3,(H,32,34)/t21-/m0/s1. The zero-order valence-electron chi connectivity index (χ0n) is 20.0. The lowest BCUT2D eigenvalue weighted by atomic mass is 9.99. The van der Waals surface area contributed by atoms with Gasteiger partial charge < -0.3 is 19.7 Å². The van der Waals surface area contributed by atoms with E-state index < -0.39 is 0 Å². The number of nitrogens with one attached hydrogen (secondary N) is 1. The highest BCUT2D eigenvalue weighted by Crippen LogP contribution is 2.40. The average molecular weight is 523 g/mol. The van der Waals surface area contributed by atoms with E-state index in [1.165, 1.54) is 0 Å². The molecule has 7 nitrogen and oxygen atoms in total. The highest BCUT2D eigenvalue weighted by atomic mass is 35.5. The molecule has 0 saturated carbocycles. The molecule has 2 aromatic heterocycles. The van der Waals surface area contributed by atoms with Gasteiger partial charge in [0.15, 0.2) is 0 Å². The van der Waals surface area contributed by atoms with Crippen molar-refractivity contribution in [2.75, 3.05) is 32.7 Å². The van der Waals surface area contributed by atoms with Crippen molar-refractivity contribution in [1.29, 1.82) is 0 Å². The van der Waals surface area contributed by atoms with E-state index in [0.717, 1.165) is 22.4 Å². The summed E-state index contributed by atoms with van der Waals surface area (Å²) in [7, 11) is 5.29. The van der Waals surface area contributed by atoms with Crippen LogP contribution in [0.1, 0.15) is 28.4 Å². The van der Waals surface area contributed by atoms with Crippen molar-refractivity contribution in [3.8, 4) is 22.8 Å². The first kappa shape index (κ1) is 24.2. The fourth-order valence-corrected chi connectivity index (χ4v) is 5.12. The second-order valence-corrected chi connectivity index (χ2v) is 9.55. The van der Waals surface area contributed by atoms with Crippen LogP contribution in [0.2, 0.25) is 10.0 Å². The molecule has 0 unspecified atom stereocenters. The molecule has 1 N–H and O–H groups in total. The summed E-state index contributed by atoms with van der Waals surface area (Å²) in [5.41, 5.74) is 4.13. The highest BCUT2D eigenvalue weighted by molar-refractivity contribution is 6.35. The van der Waals surface area contributed by atoms with Gasteiger partial charge in [-0.2, -0.15) is 0 Å². The molecule has 2 aromatic carbocycles. The topological polar surface area (TPSA) is 76.6 Å². The summed E-state index contributed by atoms with van der Waals surface area (Å²) in [5.74, 6) is 0.909. The molecular weight excluding hydrogens is 499 g/mol. The molecule has 1 atom stereocenters. The number of carbonyl (C=O) groups is 1. The van der Waals surface area contributed by atoms with Crippen molar-refractivity contribution in [2.45, 2.75) is 12.5 Å². The number of fused-ring (bicyclic) bond motifs is 2. The van der Waals surface area contributed by atoms with Crippen LogP contribution in [-0.4, -0.2) is 43.7 Å².